The molecule has 0 aliphatic carbocycles. The third-order valence-corrected chi connectivity index (χ3v) is 4.65. The Morgan fingerprint density at radius 2 is 1.85 bits per heavy atom. The number of hydrogen-bond acceptors (Lipinski definition) is 6. The van der Waals surface area contributed by atoms with Gasteiger partial charge in [0.15, 0.2) is 0 Å². The SMILES string of the molecule is O=[N+]([O-])c1c(NCc2ccccc2)ncnc1N1CCCc2ccccc21. The van der Waals surface area contributed by atoms with Gasteiger partial charge in [0.25, 0.3) is 0 Å². The average molecular weight is 361 g/mol. The summed E-state index contributed by atoms with van der Waals surface area (Å²) in [6.45, 7) is 1.14. The maximum absolute atomic E-state index is 11.9. The molecule has 2 aromatic carbocycles. The van der Waals surface area contributed by atoms with Crippen LogP contribution in [0.5, 0.6) is 0 Å². The highest BCUT2D eigenvalue weighted by Crippen LogP contribution is 2.39. The summed E-state index contributed by atoms with van der Waals surface area (Å²) < 4.78 is 0. The van der Waals surface area contributed by atoms with Gasteiger partial charge >= 0.3 is 5.69 Å². The predicted octanol–water partition coefficient (Wildman–Crippen LogP) is 4.08. The summed E-state index contributed by atoms with van der Waals surface area (Å²) in [5, 5.41) is 15.0. The number of rotatable bonds is 5. The first-order chi connectivity index (χ1) is 13.2. The zero-order valence-corrected chi connectivity index (χ0v) is 14.7. The lowest BCUT2D eigenvalue weighted by Crippen LogP contribution is -2.26. The van der Waals surface area contributed by atoms with Gasteiger partial charge in [-0.3, -0.25) is 10.1 Å². The normalized spacial score (nSPS) is 13.1. The van der Waals surface area contributed by atoms with Crippen molar-refractivity contribution in [3.05, 3.63) is 82.2 Å². The summed E-state index contributed by atoms with van der Waals surface area (Å²) in [5.41, 5.74) is 3.08. The number of fused-ring (bicyclic) bond motifs is 1. The Morgan fingerprint density at radius 3 is 2.67 bits per heavy atom. The summed E-state index contributed by atoms with van der Waals surface area (Å²) in [6.07, 6.45) is 3.27. The topological polar surface area (TPSA) is 84.2 Å². The Morgan fingerprint density at radius 1 is 1.07 bits per heavy atom. The number of aromatic nitrogens is 2. The Bertz CT molecular complexity index is 962. The first-order valence-electron chi connectivity index (χ1n) is 8.86. The van der Waals surface area contributed by atoms with E-state index in [-0.39, 0.29) is 11.5 Å². The third kappa shape index (κ3) is 3.44. The minimum Gasteiger partial charge on any atom is -0.360 e. The van der Waals surface area contributed by atoms with Crippen LogP contribution < -0.4 is 10.2 Å². The van der Waals surface area contributed by atoms with Gasteiger partial charge in [-0.2, -0.15) is 0 Å². The van der Waals surface area contributed by atoms with E-state index in [4.69, 9.17) is 0 Å². The van der Waals surface area contributed by atoms with E-state index < -0.39 is 4.92 Å². The number of para-hydroxylation sites is 1. The van der Waals surface area contributed by atoms with Gasteiger partial charge in [-0.1, -0.05) is 48.5 Å². The van der Waals surface area contributed by atoms with Crippen LogP contribution in [0.25, 0.3) is 0 Å². The fourth-order valence-corrected chi connectivity index (χ4v) is 3.40. The molecule has 1 aliphatic rings. The van der Waals surface area contributed by atoms with Crippen LogP contribution in [0.2, 0.25) is 0 Å². The predicted molar refractivity (Wildman–Crippen MR) is 104 cm³/mol. The Labute approximate surface area is 156 Å². The lowest BCUT2D eigenvalue weighted by atomic mass is 10.0. The quantitative estimate of drug-likeness (QED) is 0.544. The van der Waals surface area contributed by atoms with Gasteiger partial charge in [-0.25, -0.2) is 9.97 Å². The molecule has 3 aromatic rings. The summed E-state index contributed by atoms with van der Waals surface area (Å²) in [7, 11) is 0. The molecule has 1 N–H and O–H groups in total. The molecule has 0 fully saturated rings. The van der Waals surface area contributed by atoms with Crippen LogP contribution in [-0.4, -0.2) is 21.4 Å². The molecule has 0 saturated heterocycles. The standard InChI is InChI=1S/C20H19N5O2/c26-25(27)18-19(21-13-15-7-2-1-3-8-15)22-14-23-20(18)24-12-6-10-16-9-4-5-11-17(16)24/h1-5,7-9,11,14H,6,10,12-13H2,(H,21,22,23). The van der Waals surface area contributed by atoms with Crippen molar-refractivity contribution in [2.45, 2.75) is 19.4 Å². The van der Waals surface area contributed by atoms with E-state index in [1.165, 1.54) is 11.9 Å². The molecule has 136 valence electrons. The highest BCUT2D eigenvalue weighted by atomic mass is 16.6. The highest BCUT2D eigenvalue weighted by Gasteiger charge is 2.30. The molecule has 0 radical (unpaired) electrons. The van der Waals surface area contributed by atoms with E-state index in [2.05, 4.69) is 21.4 Å². The van der Waals surface area contributed by atoms with Crippen molar-refractivity contribution in [1.82, 2.24) is 9.97 Å². The fourth-order valence-electron chi connectivity index (χ4n) is 3.40. The number of nitrogens with one attached hydrogen (secondary N) is 1. The van der Waals surface area contributed by atoms with Crippen molar-refractivity contribution in [3.8, 4) is 0 Å². The molecule has 0 saturated carbocycles. The number of anilines is 3. The maximum atomic E-state index is 11.9. The van der Waals surface area contributed by atoms with Crippen molar-refractivity contribution < 1.29 is 4.92 Å². The van der Waals surface area contributed by atoms with Gasteiger partial charge in [0.05, 0.1) is 4.92 Å². The van der Waals surface area contributed by atoms with Crippen LogP contribution in [0.3, 0.4) is 0 Å². The Kier molecular flexibility index (Phi) is 4.65. The summed E-state index contributed by atoms with van der Waals surface area (Å²) >= 11 is 0. The zero-order chi connectivity index (χ0) is 18.6. The van der Waals surface area contributed by atoms with Crippen molar-refractivity contribution in [2.24, 2.45) is 0 Å². The summed E-state index contributed by atoms with van der Waals surface area (Å²) in [4.78, 5) is 21.8. The molecule has 0 bridgehead atoms. The van der Waals surface area contributed by atoms with E-state index in [1.807, 2.05) is 53.4 Å². The lowest BCUT2D eigenvalue weighted by Gasteiger charge is -2.30. The van der Waals surface area contributed by atoms with Crippen molar-refractivity contribution in [3.63, 3.8) is 0 Å². The molecule has 4 rings (SSSR count). The molecular weight excluding hydrogens is 342 g/mol. The second-order valence-electron chi connectivity index (χ2n) is 6.37. The largest absolute Gasteiger partial charge is 0.360 e. The van der Waals surface area contributed by atoms with E-state index >= 15 is 0 Å². The molecular formula is C20H19N5O2. The van der Waals surface area contributed by atoms with Crippen molar-refractivity contribution >= 4 is 23.0 Å². The Hall–Kier alpha value is -3.48. The van der Waals surface area contributed by atoms with Crippen LogP contribution in [-0.2, 0) is 13.0 Å². The first-order valence-corrected chi connectivity index (χ1v) is 8.86. The van der Waals surface area contributed by atoms with E-state index in [0.29, 0.717) is 18.9 Å². The molecule has 7 heteroatoms. The van der Waals surface area contributed by atoms with Crippen molar-refractivity contribution in [2.75, 3.05) is 16.8 Å². The molecule has 0 amide bonds. The zero-order valence-electron chi connectivity index (χ0n) is 14.7. The van der Waals surface area contributed by atoms with Crippen LogP contribution in [0.15, 0.2) is 60.9 Å². The smallest absolute Gasteiger partial charge is 0.353 e. The number of nitrogens with zero attached hydrogens (tertiary/aromatic N) is 4. The molecule has 2 heterocycles. The molecule has 1 aliphatic heterocycles. The van der Waals surface area contributed by atoms with Gasteiger partial charge in [-0.15, -0.1) is 0 Å². The van der Waals surface area contributed by atoms with Gasteiger partial charge in [0.2, 0.25) is 11.6 Å². The molecule has 0 spiro atoms. The van der Waals surface area contributed by atoms with Gasteiger partial charge in [-0.05, 0) is 30.0 Å². The first kappa shape index (κ1) is 17.0. The van der Waals surface area contributed by atoms with E-state index in [1.54, 1.807) is 0 Å². The third-order valence-electron chi connectivity index (χ3n) is 4.65. The lowest BCUT2D eigenvalue weighted by molar-refractivity contribution is -0.383. The van der Waals surface area contributed by atoms with Crippen molar-refractivity contribution in [1.29, 1.82) is 0 Å². The fraction of sp³-hybridized carbons (Fsp3) is 0.200. The average Bonchev–Trinajstić information content (AvgIpc) is 2.72. The molecule has 0 atom stereocenters. The van der Waals surface area contributed by atoms with Crippen LogP contribution >= 0.6 is 0 Å². The number of hydrogen-bond donors (Lipinski definition) is 1. The molecule has 1 aromatic heterocycles. The molecule has 27 heavy (non-hydrogen) atoms. The monoisotopic (exact) mass is 361 g/mol. The number of benzene rings is 2. The molecule has 0 unspecified atom stereocenters. The minimum atomic E-state index is -0.403. The van der Waals surface area contributed by atoms with Crippen LogP contribution in [0, 0.1) is 10.1 Å². The van der Waals surface area contributed by atoms with Crippen LogP contribution in [0.1, 0.15) is 17.5 Å². The van der Waals surface area contributed by atoms with Gasteiger partial charge < -0.3 is 10.2 Å². The summed E-state index contributed by atoms with van der Waals surface area (Å²) in [5.74, 6) is 0.564. The Balaban J connectivity index is 1.71. The number of nitro groups is 1. The van der Waals surface area contributed by atoms with E-state index in [9.17, 15) is 10.1 Å². The van der Waals surface area contributed by atoms with Crippen LogP contribution in [0.4, 0.5) is 23.0 Å². The molecule has 7 nitrogen and oxygen atoms in total. The highest BCUT2D eigenvalue weighted by molar-refractivity contribution is 5.77. The summed E-state index contributed by atoms with van der Waals surface area (Å²) in [6, 6.07) is 17.7. The van der Waals surface area contributed by atoms with Gasteiger partial charge in [0.1, 0.15) is 6.33 Å². The second kappa shape index (κ2) is 7.41. The maximum Gasteiger partial charge on any atom is 0.353 e. The minimum absolute atomic E-state index is 0.0925. The number of aryl methyl sites for hydroxylation is 1. The van der Waals surface area contributed by atoms with E-state index in [0.717, 1.165) is 24.1 Å². The second-order valence-corrected chi connectivity index (χ2v) is 6.37. The van der Waals surface area contributed by atoms with Gasteiger partial charge in [0, 0.05) is 18.8 Å².